The summed E-state index contributed by atoms with van der Waals surface area (Å²) in [5.74, 6) is 0.698. The monoisotopic (exact) mass is 401 g/mol. The number of rotatable bonds is 5. The summed E-state index contributed by atoms with van der Waals surface area (Å²) in [5, 5.41) is 4.19. The summed E-state index contributed by atoms with van der Waals surface area (Å²) in [6.45, 7) is 4.52. The van der Waals surface area contributed by atoms with E-state index in [2.05, 4.69) is 31.0 Å². The molecule has 130 valence electrons. The molecule has 0 saturated carbocycles. The van der Waals surface area contributed by atoms with Crippen LogP contribution in [0.2, 0.25) is 0 Å². The molecule has 0 atom stereocenters. The van der Waals surface area contributed by atoms with E-state index in [1.807, 2.05) is 45.2 Å². The fourth-order valence-electron chi connectivity index (χ4n) is 2.91. The number of carbonyl (C=O) groups excluding carboxylic acids is 1. The van der Waals surface area contributed by atoms with Crippen molar-refractivity contribution >= 4 is 27.6 Å². The third kappa shape index (κ3) is 3.71. The molecule has 0 radical (unpaired) electrons. The predicted molar refractivity (Wildman–Crippen MR) is 99.2 cm³/mol. The van der Waals surface area contributed by atoms with E-state index in [0.717, 1.165) is 27.0 Å². The van der Waals surface area contributed by atoms with Crippen LogP contribution < -0.4 is 0 Å². The second-order valence-electron chi connectivity index (χ2n) is 6.07. The summed E-state index contributed by atoms with van der Waals surface area (Å²) in [6, 6.07) is 7.95. The second kappa shape index (κ2) is 7.31. The molecule has 0 N–H and O–H groups in total. The fraction of sp³-hybridized carbons (Fsp3) is 0.333. The van der Waals surface area contributed by atoms with Crippen LogP contribution in [-0.4, -0.2) is 37.4 Å². The summed E-state index contributed by atoms with van der Waals surface area (Å²) in [7, 11) is 1.83. The molecule has 1 amide bonds. The van der Waals surface area contributed by atoms with Gasteiger partial charge in [0.25, 0.3) is 5.78 Å². The van der Waals surface area contributed by atoms with Gasteiger partial charge >= 0.3 is 0 Å². The Morgan fingerprint density at radius 3 is 2.80 bits per heavy atom. The molecule has 6 nitrogen and oxygen atoms in total. The van der Waals surface area contributed by atoms with Crippen molar-refractivity contribution in [2.24, 2.45) is 0 Å². The van der Waals surface area contributed by atoms with Gasteiger partial charge in [-0.3, -0.25) is 4.79 Å². The van der Waals surface area contributed by atoms with E-state index in [0.29, 0.717) is 25.2 Å². The molecule has 0 aliphatic heterocycles. The lowest BCUT2D eigenvalue weighted by molar-refractivity contribution is -0.130. The van der Waals surface area contributed by atoms with Crippen molar-refractivity contribution < 1.29 is 4.79 Å². The molecule has 0 unspecified atom stereocenters. The highest BCUT2D eigenvalue weighted by Crippen LogP contribution is 2.19. The number of fused-ring (bicyclic) bond motifs is 1. The van der Waals surface area contributed by atoms with Gasteiger partial charge < -0.3 is 4.90 Å². The van der Waals surface area contributed by atoms with Crippen molar-refractivity contribution in [1.82, 2.24) is 24.5 Å². The van der Waals surface area contributed by atoms with Crippen molar-refractivity contribution in [3.8, 4) is 0 Å². The minimum absolute atomic E-state index is 0.105. The number of benzene rings is 1. The number of hydrogen-bond acceptors (Lipinski definition) is 4. The van der Waals surface area contributed by atoms with Crippen LogP contribution in [0.25, 0.3) is 5.78 Å². The zero-order valence-corrected chi connectivity index (χ0v) is 16.1. The van der Waals surface area contributed by atoms with Crippen molar-refractivity contribution in [2.45, 2.75) is 33.2 Å². The Morgan fingerprint density at radius 2 is 2.04 bits per heavy atom. The quantitative estimate of drug-likeness (QED) is 0.658. The molecule has 1 aromatic carbocycles. The highest BCUT2D eigenvalue weighted by molar-refractivity contribution is 9.10. The maximum atomic E-state index is 12.5. The second-order valence-corrected chi connectivity index (χ2v) is 6.93. The van der Waals surface area contributed by atoms with Crippen molar-refractivity contribution in [1.29, 1.82) is 0 Å². The van der Waals surface area contributed by atoms with Gasteiger partial charge in [-0.05, 0) is 37.5 Å². The van der Waals surface area contributed by atoms with Crippen LogP contribution in [0, 0.1) is 13.8 Å². The first-order valence-corrected chi connectivity index (χ1v) is 8.90. The van der Waals surface area contributed by atoms with Crippen LogP contribution in [0.4, 0.5) is 0 Å². The van der Waals surface area contributed by atoms with Crippen molar-refractivity contribution in [3.05, 3.63) is 57.6 Å². The maximum absolute atomic E-state index is 12.5. The van der Waals surface area contributed by atoms with Crippen LogP contribution in [0.15, 0.2) is 35.1 Å². The Balaban J connectivity index is 1.69. The van der Waals surface area contributed by atoms with Gasteiger partial charge in [0, 0.05) is 35.9 Å². The first-order valence-electron chi connectivity index (χ1n) is 8.10. The molecule has 2 aromatic heterocycles. The van der Waals surface area contributed by atoms with Crippen LogP contribution in [0.3, 0.4) is 0 Å². The first-order chi connectivity index (χ1) is 12.0. The van der Waals surface area contributed by atoms with Crippen molar-refractivity contribution in [3.63, 3.8) is 0 Å². The maximum Gasteiger partial charge on any atom is 0.252 e. The van der Waals surface area contributed by atoms with Gasteiger partial charge in [-0.25, -0.2) is 9.50 Å². The minimum Gasteiger partial charge on any atom is -0.341 e. The van der Waals surface area contributed by atoms with Crippen LogP contribution in [0.1, 0.15) is 28.9 Å². The summed E-state index contributed by atoms with van der Waals surface area (Å²) in [5.41, 5.74) is 4.04. The summed E-state index contributed by atoms with van der Waals surface area (Å²) in [4.78, 5) is 22.9. The third-order valence-electron chi connectivity index (χ3n) is 4.37. The Kier molecular flexibility index (Phi) is 5.13. The third-order valence-corrected chi connectivity index (χ3v) is 5.14. The van der Waals surface area contributed by atoms with Gasteiger partial charge in [0.1, 0.15) is 6.33 Å². The Hall–Kier alpha value is -2.28. The molecular weight excluding hydrogens is 382 g/mol. The summed E-state index contributed by atoms with van der Waals surface area (Å²) >= 11 is 3.53. The number of aromatic nitrogens is 4. The zero-order chi connectivity index (χ0) is 18.0. The Labute approximate surface area is 155 Å². The molecule has 0 fully saturated rings. The van der Waals surface area contributed by atoms with E-state index >= 15 is 0 Å². The molecule has 0 saturated heterocycles. The van der Waals surface area contributed by atoms with Gasteiger partial charge in [-0.2, -0.15) is 10.1 Å². The molecule has 3 rings (SSSR count). The van der Waals surface area contributed by atoms with E-state index in [1.165, 1.54) is 6.33 Å². The van der Waals surface area contributed by atoms with Gasteiger partial charge in [-0.1, -0.05) is 34.1 Å². The van der Waals surface area contributed by atoms with Crippen LogP contribution >= 0.6 is 15.9 Å². The number of halogens is 1. The fourth-order valence-corrected chi connectivity index (χ4v) is 3.32. The van der Waals surface area contributed by atoms with Crippen LogP contribution in [-0.2, 0) is 17.8 Å². The Morgan fingerprint density at radius 1 is 1.28 bits per heavy atom. The lowest BCUT2D eigenvalue weighted by Crippen LogP contribution is -2.26. The topological polar surface area (TPSA) is 63.4 Å². The largest absolute Gasteiger partial charge is 0.341 e. The zero-order valence-electron chi connectivity index (χ0n) is 14.5. The van der Waals surface area contributed by atoms with Crippen molar-refractivity contribution in [2.75, 3.05) is 7.05 Å². The smallest absolute Gasteiger partial charge is 0.252 e. The number of nitrogens with zero attached hydrogens (tertiary/aromatic N) is 5. The molecule has 0 bridgehead atoms. The molecule has 7 heteroatoms. The van der Waals surface area contributed by atoms with E-state index in [9.17, 15) is 4.79 Å². The van der Waals surface area contributed by atoms with Gasteiger partial charge in [0.05, 0.1) is 0 Å². The first kappa shape index (κ1) is 17.5. The highest BCUT2D eigenvalue weighted by Gasteiger charge is 2.15. The SMILES string of the molecule is Cc1nc2ncnn2c(C)c1CCC(=O)N(C)Cc1ccccc1Br. The average molecular weight is 402 g/mol. The molecular formula is C18H20BrN5O. The van der Waals surface area contributed by atoms with E-state index in [4.69, 9.17) is 0 Å². The summed E-state index contributed by atoms with van der Waals surface area (Å²) < 4.78 is 2.74. The van der Waals surface area contributed by atoms with Gasteiger partial charge in [0.2, 0.25) is 5.91 Å². The standard InChI is InChI=1S/C18H20BrN5O/c1-12-15(13(2)24-18(22-12)20-11-21-24)8-9-17(25)23(3)10-14-6-4-5-7-16(14)19/h4-7,11H,8-10H2,1-3H3. The molecule has 0 aliphatic carbocycles. The molecule has 3 aromatic rings. The predicted octanol–water partition coefficient (Wildman–Crippen LogP) is 3.09. The van der Waals surface area contributed by atoms with Crippen LogP contribution in [0.5, 0.6) is 0 Å². The van der Waals surface area contributed by atoms with Gasteiger partial charge in [0.15, 0.2) is 0 Å². The number of hydrogen-bond donors (Lipinski definition) is 0. The highest BCUT2D eigenvalue weighted by atomic mass is 79.9. The van der Waals surface area contributed by atoms with Gasteiger partial charge in [-0.15, -0.1) is 0 Å². The number of aryl methyl sites for hydroxylation is 2. The van der Waals surface area contributed by atoms with E-state index in [-0.39, 0.29) is 5.91 Å². The summed E-state index contributed by atoms with van der Waals surface area (Å²) in [6.07, 6.45) is 2.57. The lowest BCUT2D eigenvalue weighted by Gasteiger charge is -2.19. The number of carbonyl (C=O) groups is 1. The van der Waals surface area contributed by atoms with E-state index < -0.39 is 0 Å². The average Bonchev–Trinajstić information content (AvgIpc) is 3.05. The molecule has 0 spiro atoms. The number of amides is 1. The Bertz CT molecular complexity index is 921. The minimum atomic E-state index is 0.105. The molecule has 0 aliphatic rings. The molecule has 2 heterocycles. The lowest BCUT2D eigenvalue weighted by atomic mass is 10.1. The molecule has 25 heavy (non-hydrogen) atoms. The van der Waals surface area contributed by atoms with E-state index in [1.54, 1.807) is 9.42 Å². The normalized spacial score (nSPS) is 11.0.